The second-order valence-electron chi connectivity index (χ2n) is 3.74. The van der Waals surface area contributed by atoms with E-state index in [1.54, 1.807) is 18.3 Å². The van der Waals surface area contributed by atoms with Crippen molar-refractivity contribution in [3.63, 3.8) is 0 Å². The molecule has 0 unspecified atom stereocenters. The van der Waals surface area contributed by atoms with E-state index in [0.717, 1.165) is 16.9 Å². The number of nitriles is 1. The lowest BCUT2D eigenvalue weighted by Crippen LogP contribution is -2.08. The van der Waals surface area contributed by atoms with E-state index in [9.17, 15) is 4.79 Å². The summed E-state index contributed by atoms with van der Waals surface area (Å²) in [6.45, 7) is 3.91. The topological polar surface area (TPSA) is 65.9 Å². The van der Waals surface area contributed by atoms with Crippen LogP contribution in [0, 0.1) is 18.3 Å². The molecule has 0 aliphatic heterocycles. The Kier molecular flexibility index (Phi) is 3.49. The van der Waals surface area contributed by atoms with Gasteiger partial charge in [0.05, 0.1) is 0 Å². The highest BCUT2D eigenvalue weighted by molar-refractivity contribution is 7.14. The predicted molar refractivity (Wildman–Crippen MR) is 68.9 cm³/mol. The summed E-state index contributed by atoms with van der Waals surface area (Å²) in [7, 11) is 0. The van der Waals surface area contributed by atoms with E-state index in [1.165, 1.54) is 11.3 Å². The minimum Gasteiger partial charge on any atom is -0.409 e. The standard InChI is InChI=1S/C13H12N2O2S/c1-3-9-8(2)18-13(10(9)7-14)17-12(16)11-5-4-6-15-11/h4-6,15H,3H2,1-2H3. The van der Waals surface area contributed by atoms with Gasteiger partial charge in [0.15, 0.2) is 0 Å². The Hall–Kier alpha value is -2.06. The molecule has 0 spiro atoms. The van der Waals surface area contributed by atoms with Gasteiger partial charge in [-0.1, -0.05) is 6.92 Å². The fraction of sp³-hybridized carbons (Fsp3) is 0.231. The number of esters is 1. The first-order valence-corrected chi connectivity index (χ1v) is 6.37. The summed E-state index contributed by atoms with van der Waals surface area (Å²) in [5, 5.41) is 9.53. The summed E-state index contributed by atoms with van der Waals surface area (Å²) in [5.74, 6) is -0.472. The third kappa shape index (κ3) is 2.15. The van der Waals surface area contributed by atoms with Crippen LogP contribution in [0.1, 0.15) is 33.4 Å². The molecule has 0 aromatic carbocycles. The Labute approximate surface area is 109 Å². The maximum atomic E-state index is 11.8. The van der Waals surface area contributed by atoms with Crippen LogP contribution in [0.2, 0.25) is 0 Å². The van der Waals surface area contributed by atoms with Gasteiger partial charge in [0.25, 0.3) is 0 Å². The smallest absolute Gasteiger partial charge is 0.360 e. The van der Waals surface area contributed by atoms with E-state index < -0.39 is 5.97 Å². The van der Waals surface area contributed by atoms with E-state index in [-0.39, 0.29) is 0 Å². The molecule has 0 fully saturated rings. The van der Waals surface area contributed by atoms with Crippen LogP contribution >= 0.6 is 11.3 Å². The highest BCUT2D eigenvalue weighted by Gasteiger charge is 2.19. The summed E-state index contributed by atoms with van der Waals surface area (Å²) in [6, 6.07) is 5.47. The minimum atomic E-state index is -0.472. The Morgan fingerprint density at radius 2 is 2.39 bits per heavy atom. The molecule has 0 aliphatic rings. The number of aryl methyl sites for hydroxylation is 1. The molecule has 92 valence electrons. The van der Waals surface area contributed by atoms with Gasteiger partial charge in [0.1, 0.15) is 17.3 Å². The van der Waals surface area contributed by atoms with Crippen molar-refractivity contribution in [2.75, 3.05) is 0 Å². The van der Waals surface area contributed by atoms with Crippen molar-refractivity contribution in [3.05, 3.63) is 40.0 Å². The molecule has 4 nitrogen and oxygen atoms in total. The molecule has 0 radical (unpaired) electrons. The van der Waals surface area contributed by atoms with Gasteiger partial charge in [-0.3, -0.25) is 0 Å². The van der Waals surface area contributed by atoms with Gasteiger partial charge in [-0.25, -0.2) is 4.79 Å². The number of ether oxygens (including phenoxy) is 1. The first-order chi connectivity index (χ1) is 8.67. The fourth-order valence-electron chi connectivity index (χ4n) is 1.76. The molecule has 5 heteroatoms. The molecule has 0 saturated carbocycles. The lowest BCUT2D eigenvalue weighted by atomic mass is 10.1. The molecule has 0 amide bonds. The van der Waals surface area contributed by atoms with Gasteiger partial charge in [-0.2, -0.15) is 5.26 Å². The molecule has 1 N–H and O–H groups in total. The number of hydrogen-bond acceptors (Lipinski definition) is 4. The number of aromatic amines is 1. The van der Waals surface area contributed by atoms with Crippen molar-refractivity contribution in [3.8, 4) is 11.1 Å². The Morgan fingerprint density at radius 3 is 2.94 bits per heavy atom. The number of nitrogens with one attached hydrogen (secondary N) is 1. The highest BCUT2D eigenvalue weighted by Crippen LogP contribution is 2.35. The molecule has 0 bridgehead atoms. The quantitative estimate of drug-likeness (QED) is 0.862. The zero-order valence-corrected chi connectivity index (χ0v) is 10.9. The lowest BCUT2D eigenvalue weighted by Gasteiger charge is -2.00. The molecule has 18 heavy (non-hydrogen) atoms. The van der Waals surface area contributed by atoms with Gasteiger partial charge >= 0.3 is 5.97 Å². The Bertz CT molecular complexity index is 606. The number of carbonyl (C=O) groups excluding carboxylic acids is 1. The second kappa shape index (κ2) is 5.07. The van der Waals surface area contributed by atoms with Gasteiger partial charge in [-0.05, 0) is 31.0 Å². The van der Waals surface area contributed by atoms with E-state index >= 15 is 0 Å². The molecular weight excluding hydrogens is 248 g/mol. The molecule has 2 rings (SSSR count). The van der Waals surface area contributed by atoms with E-state index in [4.69, 9.17) is 10.00 Å². The van der Waals surface area contributed by atoms with Crippen LogP contribution in [0.25, 0.3) is 0 Å². The Morgan fingerprint density at radius 1 is 1.61 bits per heavy atom. The summed E-state index contributed by atoms with van der Waals surface area (Å²) in [5.41, 5.74) is 1.81. The van der Waals surface area contributed by atoms with E-state index in [2.05, 4.69) is 11.1 Å². The van der Waals surface area contributed by atoms with Crippen molar-refractivity contribution in [1.82, 2.24) is 4.98 Å². The van der Waals surface area contributed by atoms with E-state index in [0.29, 0.717) is 16.3 Å². The van der Waals surface area contributed by atoms with E-state index in [1.807, 2.05) is 13.8 Å². The first kappa shape index (κ1) is 12.4. The molecule has 0 saturated heterocycles. The average molecular weight is 260 g/mol. The predicted octanol–water partition coefficient (Wildman–Crippen LogP) is 3.04. The fourth-order valence-corrected chi connectivity index (χ4v) is 2.79. The van der Waals surface area contributed by atoms with Crippen molar-refractivity contribution < 1.29 is 9.53 Å². The van der Waals surface area contributed by atoms with Gasteiger partial charge < -0.3 is 9.72 Å². The molecule has 2 aromatic heterocycles. The van der Waals surface area contributed by atoms with Crippen molar-refractivity contribution in [2.45, 2.75) is 20.3 Å². The monoisotopic (exact) mass is 260 g/mol. The number of carbonyl (C=O) groups is 1. The van der Waals surface area contributed by atoms with Crippen molar-refractivity contribution in [2.24, 2.45) is 0 Å². The molecule has 0 aliphatic carbocycles. The molecule has 2 heterocycles. The van der Waals surface area contributed by atoms with Crippen LogP contribution in [-0.2, 0) is 6.42 Å². The summed E-state index contributed by atoms with van der Waals surface area (Å²) >= 11 is 1.34. The SMILES string of the molecule is CCc1c(C)sc(OC(=O)c2ccc[nH]2)c1C#N. The van der Waals surface area contributed by atoms with Crippen LogP contribution in [0.5, 0.6) is 5.06 Å². The summed E-state index contributed by atoms with van der Waals surface area (Å²) in [4.78, 5) is 15.6. The van der Waals surface area contributed by atoms with Gasteiger partial charge in [0.2, 0.25) is 5.06 Å². The van der Waals surface area contributed by atoms with Gasteiger partial charge in [-0.15, -0.1) is 11.3 Å². The minimum absolute atomic E-state index is 0.378. The maximum Gasteiger partial charge on any atom is 0.360 e. The number of nitrogens with zero attached hydrogens (tertiary/aromatic N) is 1. The van der Waals surface area contributed by atoms with Crippen LogP contribution in [0.3, 0.4) is 0 Å². The van der Waals surface area contributed by atoms with Crippen molar-refractivity contribution in [1.29, 1.82) is 5.26 Å². The molecule has 0 atom stereocenters. The zero-order chi connectivity index (χ0) is 13.1. The van der Waals surface area contributed by atoms with Crippen LogP contribution in [0.4, 0.5) is 0 Å². The third-order valence-corrected chi connectivity index (χ3v) is 3.67. The van der Waals surface area contributed by atoms with Crippen LogP contribution < -0.4 is 4.74 Å². The highest BCUT2D eigenvalue weighted by atomic mass is 32.1. The number of thiophene rings is 1. The first-order valence-electron chi connectivity index (χ1n) is 5.55. The average Bonchev–Trinajstić information content (AvgIpc) is 2.96. The number of hydrogen-bond donors (Lipinski definition) is 1. The maximum absolute atomic E-state index is 11.8. The lowest BCUT2D eigenvalue weighted by molar-refractivity contribution is 0.0735. The summed E-state index contributed by atoms with van der Waals surface area (Å²) < 4.78 is 5.27. The van der Waals surface area contributed by atoms with Crippen LogP contribution in [-0.4, -0.2) is 11.0 Å². The largest absolute Gasteiger partial charge is 0.409 e. The zero-order valence-electron chi connectivity index (χ0n) is 10.1. The molecular formula is C13H12N2O2S. The molecule has 2 aromatic rings. The van der Waals surface area contributed by atoms with Gasteiger partial charge in [0, 0.05) is 11.1 Å². The van der Waals surface area contributed by atoms with Crippen molar-refractivity contribution >= 4 is 17.3 Å². The second-order valence-corrected chi connectivity index (χ2v) is 4.93. The number of rotatable bonds is 3. The number of H-pyrrole nitrogens is 1. The number of aromatic nitrogens is 1. The third-order valence-electron chi connectivity index (χ3n) is 2.65. The normalized spacial score (nSPS) is 10.1. The summed E-state index contributed by atoms with van der Waals surface area (Å²) in [6.07, 6.45) is 2.41. The Balaban J connectivity index is 2.30. The van der Waals surface area contributed by atoms with Crippen LogP contribution in [0.15, 0.2) is 18.3 Å².